The predicted molar refractivity (Wildman–Crippen MR) is 82.6 cm³/mol. The second kappa shape index (κ2) is 5.79. The highest BCUT2D eigenvalue weighted by Crippen LogP contribution is 2.32. The van der Waals surface area contributed by atoms with E-state index in [9.17, 15) is 10.1 Å². The zero-order valence-corrected chi connectivity index (χ0v) is 12.4. The van der Waals surface area contributed by atoms with E-state index < -0.39 is 12.0 Å². The highest BCUT2D eigenvalue weighted by Gasteiger charge is 2.27. The number of amides is 1. The number of pyridine rings is 1. The molecule has 1 atom stereocenters. The number of rotatable bonds is 2. The molecule has 1 aromatic carbocycles. The third-order valence-electron chi connectivity index (χ3n) is 3.62. The molecule has 3 rings (SSSR count). The summed E-state index contributed by atoms with van der Waals surface area (Å²) in [6, 6.07) is 7.47. The molecule has 0 aliphatic carbocycles. The molecule has 7 heteroatoms. The summed E-state index contributed by atoms with van der Waals surface area (Å²) >= 11 is 6.08. The fraction of sp³-hybridized carbons (Fsp3) is 0.267. The maximum Gasteiger partial charge on any atom is 0.248 e. The largest absolute Gasteiger partial charge is 0.367 e. The lowest BCUT2D eigenvalue weighted by atomic mass is 10.1. The van der Waals surface area contributed by atoms with E-state index >= 15 is 0 Å². The van der Waals surface area contributed by atoms with E-state index in [4.69, 9.17) is 22.1 Å². The Morgan fingerprint density at radius 1 is 1.55 bits per heavy atom. The Balaban J connectivity index is 2.14. The Kier molecular flexibility index (Phi) is 3.84. The van der Waals surface area contributed by atoms with Crippen molar-refractivity contribution in [3.05, 3.63) is 35.0 Å². The number of carbonyl (C=O) groups excluding carboxylic acids is 1. The first-order chi connectivity index (χ1) is 10.6. The van der Waals surface area contributed by atoms with E-state index in [0.29, 0.717) is 36.0 Å². The summed E-state index contributed by atoms with van der Waals surface area (Å²) in [7, 11) is 0. The topological polar surface area (TPSA) is 92.2 Å². The molecule has 1 aliphatic heterocycles. The third kappa shape index (κ3) is 2.56. The Morgan fingerprint density at radius 3 is 3.09 bits per heavy atom. The van der Waals surface area contributed by atoms with Crippen LogP contribution in [0.5, 0.6) is 0 Å². The second-order valence-electron chi connectivity index (χ2n) is 5.00. The molecule has 1 amide bonds. The molecular formula is C15H13ClN4O2. The first kappa shape index (κ1) is 14.6. The molecule has 112 valence electrons. The van der Waals surface area contributed by atoms with Gasteiger partial charge < -0.3 is 15.4 Å². The average molecular weight is 317 g/mol. The van der Waals surface area contributed by atoms with Gasteiger partial charge in [-0.2, -0.15) is 5.26 Å². The highest BCUT2D eigenvalue weighted by atomic mass is 35.5. The van der Waals surface area contributed by atoms with Gasteiger partial charge in [0.2, 0.25) is 5.91 Å². The standard InChI is InChI=1S/C15H13ClN4O2/c16-10-1-2-12-11(5-10)14(9(6-17)7-19-12)20-3-4-22-13(8-20)15(18)21/h1-2,5,7,13H,3-4,8H2,(H2,18,21). The van der Waals surface area contributed by atoms with Crippen molar-refractivity contribution in [1.82, 2.24) is 4.98 Å². The summed E-state index contributed by atoms with van der Waals surface area (Å²) in [4.78, 5) is 17.6. The van der Waals surface area contributed by atoms with Gasteiger partial charge in [0.25, 0.3) is 0 Å². The van der Waals surface area contributed by atoms with Crippen LogP contribution in [0.4, 0.5) is 5.69 Å². The number of halogens is 1. The van der Waals surface area contributed by atoms with Crippen LogP contribution in [-0.4, -0.2) is 36.7 Å². The Labute approximate surface area is 132 Å². The van der Waals surface area contributed by atoms with E-state index in [-0.39, 0.29) is 0 Å². The molecule has 0 spiro atoms. The van der Waals surface area contributed by atoms with Crippen LogP contribution >= 0.6 is 11.6 Å². The molecule has 0 radical (unpaired) electrons. The first-order valence-electron chi connectivity index (χ1n) is 6.74. The van der Waals surface area contributed by atoms with E-state index in [0.717, 1.165) is 10.9 Å². The molecule has 6 nitrogen and oxygen atoms in total. The number of benzene rings is 1. The summed E-state index contributed by atoms with van der Waals surface area (Å²) in [5.74, 6) is -0.514. The van der Waals surface area contributed by atoms with Crippen LogP contribution in [0.2, 0.25) is 5.02 Å². The lowest BCUT2D eigenvalue weighted by molar-refractivity contribution is -0.130. The van der Waals surface area contributed by atoms with Crippen molar-refractivity contribution in [2.45, 2.75) is 6.10 Å². The van der Waals surface area contributed by atoms with Crippen LogP contribution in [-0.2, 0) is 9.53 Å². The monoisotopic (exact) mass is 316 g/mol. The van der Waals surface area contributed by atoms with Crippen LogP contribution in [0.3, 0.4) is 0 Å². The Bertz CT molecular complexity index is 787. The van der Waals surface area contributed by atoms with E-state index in [1.54, 1.807) is 18.2 Å². The molecule has 1 fully saturated rings. The quantitative estimate of drug-likeness (QED) is 0.905. The predicted octanol–water partition coefficient (Wildman–Crippen LogP) is 1.45. The summed E-state index contributed by atoms with van der Waals surface area (Å²) in [5, 5.41) is 10.7. The fourth-order valence-corrected chi connectivity index (χ4v) is 2.77. The van der Waals surface area contributed by atoms with Crippen molar-refractivity contribution >= 4 is 34.1 Å². The number of morpholine rings is 1. The van der Waals surface area contributed by atoms with Gasteiger partial charge in [-0.1, -0.05) is 11.6 Å². The zero-order valence-electron chi connectivity index (χ0n) is 11.6. The number of nitrogens with two attached hydrogens (primary N) is 1. The molecule has 0 bridgehead atoms. The van der Waals surface area contributed by atoms with Gasteiger partial charge in [-0.3, -0.25) is 9.78 Å². The molecule has 2 heterocycles. The van der Waals surface area contributed by atoms with Gasteiger partial charge in [0, 0.05) is 23.2 Å². The van der Waals surface area contributed by atoms with Crippen molar-refractivity contribution < 1.29 is 9.53 Å². The molecule has 2 N–H and O–H groups in total. The minimum Gasteiger partial charge on any atom is -0.367 e. The first-order valence-corrected chi connectivity index (χ1v) is 7.12. The Morgan fingerprint density at radius 2 is 2.36 bits per heavy atom. The molecular weight excluding hydrogens is 304 g/mol. The van der Waals surface area contributed by atoms with Crippen LogP contribution in [0.25, 0.3) is 10.9 Å². The van der Waals surface area contributed by atoms with Crippen molar-refractivity contribution in [2.75, 3.05) is 24.6 Å². The lowest BCUT2D eigenvalue weighted by Crippen LogP contribution is -2.48. The summed E-state index contributed by atoms with van der Waals surface area (Å²) < 4.78 is 5.36. The zero-order chi connectivity index (χ0) is 15.7. The van der Waals surface area contributed by atoms with Crippen LogP contribution in [0, 0.1) is 11.3 Å². The Hall–Kier alpha value is -2.36. The van der Waals surface area contributed by atoms with Crippen LogP contribution < -0.4 is 10.6 Å². The average Bonchev–Trinajstić information content (AvgIpc) is 2.53. The summed E-state index contributed by atoms with van der Waals surface area (Å²) in [5.41, 5.74) is 7.21. The molecule has 1 unspecified atom stereocenters. The number of hydrogen-bond donors (Lipinski definition) is 1. The fourth-order valence-electron chi connectivity index (χ4n) is 2.60. The molecule has 1 aliphatic rings. The number of ether oxygens (including phenoxy) is 1. The summed E-state index contributed by atoms with van der Waals surface area (Å²) in [6.07, 6.45) is 0.836. The van der Waals surface area contributed by atoms with Gasteiger partial charge in [-0.05, 0) is 18.2 Å². The molecule has 22 heavy (non-hydrogen) atoms. The number of hydrogen-bond acceptors (Lipinski definition) is 5. The van der Waals surface area contributed by atoms with Gasteiger partial charge in [-0.15, -0.1) is 0 Å². The minimum atomic E-state index is -0.692. The van der Waals surface area contributed by atoms with Crippen molar-refractivity contribution in [3.8, 4) is 6.07 Å². The van der Waals surface area contributed by atoms with E-state index in [1.807, 2.05) is 4.90 Å². The van der Waals surface area contributed by atoms with Crippen molar-refractivity contribution in [1.29, 1.82) is 5.26 Å². The van der Waals surface area contributed by atoms with Gasteiger partial charge in [0.15, 0.2) is 6.10 Å². The van der Waals surface area contributed by atoms with Gasteiger partial charge in [0.05, 0.1) is 29.9 Å². The highest BCUT2D eigenvalue weighted by molar-refractivity contribution is 6.31. The smallest absolute Gasteiger partial charge is 0.248 e. The van der Waals surface area contributed by atoms with Crippen molar-refractivity contribution in [3.63, 3.8) is 0 Å². The second-order valence-corrected chi connectivity index (χ2v) is 5.44. The lowest BCUT2D eigenvalue weighted by Gasteiger charge is -2.34. The molecule has 1 aromatic heterocycles. The molecule has 1 saturated heterocycles. The van der Waals surface area contributed by atoms with Crippen molar-refractivity contribution in [2.24, 2.45) is 5.73 Å². The number of fused-ring (bicyclic) bond motifs is 1. The number of nitriles is 1. The van der Waals surface area contributed by atoms with Crippen LogP contribution in [0.1, 0.15) is 5.56 Å². The molecule has 0 saturated carbocycles. The molecule has 2 aromatic rings. The van der Waals surface area contributed by atoms with E-state index in [1.165, 1.54) is 6.20 Å². The number of primary amides is 1. The number of anilines is 1. The minimum absolute atomic E-state index is 0.301. The number of nitrogens with zero attached hydrogens (tertiary/aromatic N) is 3. The number of aromatic nitrogens is 1. The SMILES string of the molecule is N#Cc1cnc2ccc(Cl)cc2c1N1CCOC(C(N)=O)C1. The third-order valence-corrected chi connectivity index (χ3v) is 3.86. The van der Waals surface area contributed by atoms with Gasteiger partial charge >= 0.3 is 0 Å². The summed E-state index contributed by atoms with van der Waals surface area (Å²) in [6.45, 7) is 1.22. The van der Waals surface area contributed by atoms with Gasteiger partial charge in [0.1, 0.15) is 6.07 Å². The van der Waals surface area contributed by atoms with Crippen LogP contribution in [0.15, 0.2) is 24.4 Å². The normalized spacial score (nSPS) is 18.2. The van der Waals surface area contributed by atoms with E-state index in [2.05, 4.69) is 11.1 Å². The van der Waals surface area contributed by atoms with Gasteiger partial charge in [-0.25, -0.2) is 0 Å². The maximum atomic E-state index is 11.4. The number of carbonyl (C=O) groups is 1. The maximum absolute atomic E-state index is 11.4.